The van der Waals surface area contributed by atoms with Crippen LogP contribution in [0.2, 0.25) is 0 Å². The van der Waals surface area contributed by atoms with Crippen molar-refractivity contribution in [2.45, 2.75) is 13.0 Å². The maximum atomic E-state index is 13.5. The third-order valence-corrected chi connectivity index (χ3v) is 4.16. The van der Waals surface area contributed by atoms with Gasteiger partial charge in [-0.2, -0.15) is 5.10 Å². The molecule has 6 nitrogen and oxygen atoms in total. The molecule has 25 heavy (non-hydrogen) atoms. The second-order valence-corrected chi connectivity index (χ2v) is 6.11. The smallest absolute Gasteiger partial charge is 0.193 e. The number of aromatic nitrogens is 3. The standard InChI is InChI=1S/C18H23FN6/c1-20-18(24(2)11-13-9-23-25(3)12-13)21-7-6-14-10-22-17-5-4-15(19)8-16(14)17/h4-5,8-10,12,22H,6-7,11H2,1-3H3,(H,20,21). The molecule has 1 aromatic carbocycles. The van der Waals surface area contributed by atoms with E-state index in [9.17, 15) is 4.39 Å². The van der Waals surface area contributed by atoms with Gasteiger partial charge >= 0.3 is 0 Å². The molecule has 0 saturated heterocycles. The SMILES string of the molecule is CN=C(NCCc1c[nH]c2ccc(F)cc12)N(C)Cc1cnn(C)c1. The topological polar surface area (TPSA) is 61.2 Å². The van der Waals surface area contributed by atoms with Crippen LogP contribution in [0.3, 0.4) is 0 Å². The Morgan fingerprint density at radius 2 is 2.28 bits per heavy atom. The Morgan fingerprint density at radius 1 is 1.44 bits per heavy atom. The zero-order chi connectivity index (χ0) is 17.8. The van der Waals surface area contributed by atoms with Crippen LogP contribution in [0, 0.1) is 5.82 Å². The van der Waals surface area contributed by atoms with Crippen LogP contribution in [0.5, 0.6) is 0 Å². The van der Waals surface area contributed by atoms with E-state index in [1.807, 2.05) is 37.6 Å². The first-order valence-electron chi connectivity index (χ1n) is 8.21. The van der Waals surface area contributed by atoms with E-state index in [0.29, 0.717) is 6.54 Å². The number of hydrogen-bond acceptors (Lipinski definition) is 2. The van der Waals surface area contributed by atoms with E-state index in [0.717, 1.165) is 41.0 Å². The minimum absolute atomic E-state index is 0.215. The molecule has 0 fully saturated rings. The van der Waals surface area contributed by atoms with Crippen molar-refractivity contribution in [3.05, 3.63) is 53.7 Å². The van der Waals surface area contributed by atoms with E-state index in [1.54, 1.807) is 23.9 Å². The third-order valence-electron chi connectivity index (χ3n) is 4.16. The van der Waals surface area contributed by atoms with Crippen LogP contribution in [-0.2, 0) is 20.0 Å². The van der Waals surface area contributed by atoms with Crippen molar-refractivity contribution in [1.82, 2.24) is 25.0 Å². The molecule has 0 amide bonds. The largest absolute Gasteiger partial charge is 0.361 e. The molecule has 2 aromatic heterocycles. The Morgan fingerprint density at radius 3 is 3.00 bits per heavy atom. The summed E-state index contributed by atoms with van der Waals surface area (Å²) in [5, 5.41) is 8.47. The predicted molar refractivity (Wildman–Crippen MR) is 98.0 cm³/mol. The van der Waals surface area contributed by atoms with Crippen molar-refractivity contribution < 1.29 is 4.39 Å². The zero-order valence-corrected chi connectivity index (χ0v) is 14.8. The number of nitrogens with zero attached hydrogens (tertiary/aromatic N) is 4. The lowest BCUT2D eigenvalue weighted by atomic mass is 10.1. The molecule has 0 atom stereocenters. The fourth-order valence-corrected chi connectivity index (χ4v) is 2.95. The van der Waals surface area contributed by atoms with E-state index >= 15 is 0 Å². The molecule has 0 aliphatic carbocycles. The lowest BCUT2D eigenvalue weighted by molar-refractivity contribution is 0.477. The fraction of sp³-hybridized carbons (Fsp3) is 0.333. The summed E-state index contributed by atoms with van der Waals surface area (Å²) in [6.07, 6.45) is 6.56. The number of benzene rings is 1. The van der Waals surface area contributed by atoms with Gasteiger partial charge in [0.25, 0.3) is 0 Å². The highest BCUT2D eigenvalue weighted by Crippen LogP contribution is 2.19. The number of guanidine groups is 1. The number of hydrogen-bond donors (Lipinski definition) is 2. The highest BCUT2D eigenvalue weighted by Gasteiger charge is 2.09. The summed E-state index contributed by atoms with van der Waals surface area (Å²) < 4.78 is 15.2. The quantitative estimate of drug-likeness (QED) is 0.552. The lowest BCUT2D eigenvalue weighted by Gasteiger charge is -2.21. The number of aliphatic imine (C=N–C) groups is 1. The van der Waals surface area contributed by atoms with E-state index in [4.69, 9.17) is 0 Å². The van der Waals surface area contributed by atoms with Crippen molar-refractivity contribution >= 4 is 16.9 Å². The van der Waals surface area contributed by atoms with Gasteiger partial charge in [0.2, 0.25) is 0 Å². The van der Waals surface area contributed by atoms with Gasteiger partial charge in [-0.25, -0.2) is 4.39 Å². The van der Waals surface area contributed by atoms with Crippen molar-refractivity contribution in [1.29, 1.82) is 0 Å². The summed E-state index contributed by atoms with van der Waals surface area (Å²) in [6, 6.07) is 4.81. The van der Waals surface area contributed by atoms with Crippen LogP contribution in [0.4, 0.5) is 4.39 Å². The average molecular weight is 342 g/mol. The average Bonchev–Trinajstić information content (AvgIpc) is 3.17. The molecule has 3 aromatic rings. The van der Waals surface area contributed by atoms with Crippen LogP contribution in [-0.4, -0.2) is 46.3 Å². The molecule has 0 saturated carbocycles. The number of halogens is 1. The zero-order valence-electron chi connectivity index (χ0n) is 14.8. The van der Waals surface area contributed by atoms with Gasteiger partial charge in [-0.3, -0.25) is 9.67 Å². The van der Waals surface area contributed by atoms with Crippen molar-refractivity contribution in [2.75, 3.05) is 20.6 Å². The number of fused-ring (bicyclic) bond motifs is 1. The number of rotatable bonds is 5. The predicted octanol–water partition coefficient (Wildman–Crippen LogP) is 2.29. The summed E-state index contributed by atoms with van der Waals surface area (Å²) in [4.78, 5) is 9.55. The number of nitrogens with one attached hydrogen (secondary N) is 2. The Kier molecular flexibility index (Phi) is 5.02. The monoisotopic (exact) mass is 342 g/mol. The van der Waals surface area contributed by atoms with E-state index in [2.05, 4.69) is 20.4 Å². The number of H-pyrrole nitrogens is 1. The molecule has 2 heterocycles. The molecule has 0 spiro atoms. The van der Waals surface area contributed by atoms with Gasteiger partial charge < -0.3 is 15.2 Å². The normalized spacial score (nSPS) is 11.9. The molecule has 7 heteroatoms. The number of aryl methyl sites for hydroxylation is 1. The lowest BCUT2D eigenvalue weighted by Crippen LogP contribution is -2.39. The van der Waals surface area contributed by atoms with Gasteiger partial charge in [-0.15, -0.1) is 0 Å². The third kappa shape index (κ3) is 3.99. The molecule has 0 aliphatic heterocycles. The molecular formula is C18H23FN6. The molecule has 0 bridgehead atoms. The maximum Gasteiger partial charge on any atom is 0.193 e. The Balaban J connectivity index is 1.58. The van der Waals surface area contributed by atoms with Crippen LogP contribution in [0.15, 0.2) is 41.8 Å². The minimum Gasteiger partial charge on any atom is -0.361 e. The first-order chi connectivity index (χ1) is 12.1. The highest BCUT2D eigenvalue weighted by molar-refractivity contribution is 5.83. The maximum absolute atomic E-state index is 13.5. The molecule has 2 N–H and O–H groups in total. The Bertz CT molecular complexity index is 879. The molecule has 3 rings (SSSR count). The van der Waals surface area contributed by atoms with Crippen molar-refractivity contribution in [2.24, 2.45) is 12.0 Å². The van der Waals surface area contributed by atoms with Crippen LogP contribution >= 0.6 is 0 Å². The molecular weight excluding hydrogens is 319 g/mol. The van der Waals surface area contributed by atoms with Gasteiger partial charge in [0.15, 0.2) is 5.96 Å². The van der Waals surface area contributed by atoms with Gasteiger partial charge in [0, 0.05) is 63.1 Å². The number of aromatic amines is 1. The van der Waals surface area contributed by atoms with Gasteiger partial charge in [-0.05, 0) is 30.2 Å². The summed E-state index contributed by atoms with van der Waals surface area (Å²) in [7, 11) is 5.66. The summed E-state index contributed by atoms with van der Waals surface area (Å²) in [5.74, 6) is 0.600. The van der Waals surface area contributed by atoms with E-state index in [-0.39, 0.29) is 5.82 Å². The minimum atomic E-state index is -0.215. The first kappa shape index (κ1) is 17.0. The first-order valence-corrected chi connectivity index (χ1v) is 8.21. The fourth-order valence-electron chi connectivity index (χ4n) is 2.95. The van der Waals surface area contributed by atoms with Crippen molar-refractivity contribution in [3.8, 4) is 0 Å². The van der Waals surface area contributed by atoms with Gasteiger partial charge in [0.1, 0.15) is 5.82 Å². The van der Waals surface area contributed by atoms with Crippen LogP contribution in [0.25, 0.3) is 10.9 Å². The van der Waals surface area contributed by atoms with Gasteiger partial charge in [-0.1, -0.05) is 0 Å². The second-order valence-electron chi connectivity index (χ2n) is 6.11. The molecule has 0 radical (unpaired) electrons. The highest BCUT2D eigenvalue weighted by atomic mass is 19.1. The molecule has 0 aliphatic rings. The van der Waals surface area contributed by atoms with Crippen LogP contribution in [0.1, 0.15) is 11.1 Å². The second kappa shape index (κ2) is 7.38. The summed E-state index contributed by atoms with van der Waals surface area (Å²) in [6.45, 7) is 1.44. The summed E-state index contributed by atoms with van der Waals surface area (Å²) >= 11 is 0. The van der Waals surface area contributed by atoms with Crippen molar-refractivity contribution in [3.63, 3.8) is 0 Å². The Labute approximate surface area is 146 Å². The van der Waals surface area contributed by atoms with E-state index in [1.165, 1.54) is 6.07 Å². The van der Waals surface area contributed by atoms with Crippen LogP contribution < -0.4 is 5.32 Å². The molecule has 0 unspecified atom stereocenters. The van der Waals surface area contributed by atoms with E-state index < -0.39 is 0 Å². The van der Waals surface area contributed by atoms with Gasteiger partial charge in [0.05, 0.1) is 6.20 Å². The Hall–Kier alpha value is -2.83. The summed E-state index contributed by atoms with van der Waals surface area (Å²) in [5.41, 5.74) is 3.17. The molecule has 132 valence electrons.